The molecule has 2 N–H and O–H groups in total. The van der Waals surface area contributed by atoms with Gasteiger partial charge in [-0.05, 0) is 37.5 Å². The second-order valence-electron chi connectivity index (χ2n) is 4.81. The highest BCUT2D eigenvalue weighted by Gasteiger charge is 2.35. The molecule has 0 aliphatic carbocycles. The maximum absolute atomic E-state index is 12.0. The van der Waals surface area contributed by atoms with Crippen LogP contribution < -0.4 is 5.32 Å². The molecule has 0 radical (unpaired) electrons. The Hall–Kier alpha value is -1.40. The average molecular weight is 342 g/mol. The van der Waals surface area contributed by atoms with E-state index in [0.29, 0.717) is 12.8 Å². The molecule has 20 heavy (non-hydrogen) atoms. The Morgan fingerprint density at radius 2 is 1.90 bits per heavy atom. The minimum Gasteiger partial charge on any atom is -0.479 e. The first-order valence-electron chi connectivity index (χ1n) is 6.41. The highest BCUT2D eigenvalue weighted by molar-refractivity contribution is 9.10. The number of halogens is 1. The zero-order valence-electron chi connectivity index (χ0n) is 11.0. The van der Waals surface area contributed by atoms with Crippen LogP contribution >= 0.6 is 15.9 Å². The van der Waals surface area contributed by atoms with Gasteiger partial charge in [-0.2, -0.15) is 0 Å². The van der Waals surface area contributed by atoms with E-state index in [4.69, 9.17) is 9.84 Å². The number of hydrogen-bond donors (Lipinski definition) is 2. The van der Waals surface area contributed by atoms with E-state index >= 15 is 0 Å². The van der Waals surface area contributed by atoms with Crippen LogP contribution in [0.25, 0.3) is 0 Å². The summed E-state index contributed by atoms with van der Waals surface area (Å²) in [5.74, 6) is -1.27. The molecule has 2 rings (SSSR count). The molecule has 0 saturated carbocycles. The fourth-order valence-corrected chi connectivity index (χ4v) is 2.42. The molecule has 1 aliphatic rings. The lowest BCUT2D eigenvalue weighted by molar-refractivity contribution is -0.151. The number of ether oxygens (including phenoxy) is 1. The highest BCUT2D eigenvalue weighted by Crippen LogP contribution is 2.22. The van der Waals surface area contributed by atoms with Crippen molar-refractivity contribution in [2.24, 2.45) is 0 Å². The third-order valence-corrected chi connectivity index (χ3v) is 3.84. The molecule has 1 saturated heterocycles. The van der Waals surface area contributed by atoms with Crippen LogP contribution in [0.3, 0.4) is 0 Å². The van der Waals surface area contributed by atoms with E-state index in [1.165, 1.54) is 0 Å². The van der Waals surface area contributed by atoms with Gasteiger partial charge in [0.2, 0.25) is 5.91 Å². The second-order valence-corrected chi connectivity index (χ2v) is 5.73. The number of carboxylic acids is 1. The minimum atomic E-state index is -1.01. The molecule has 0 bridgehead atoms. The summed E-state index contributed by atoms with van der Waals surface area (Å²) in [4.78, 5) is 22.8. The molecule has 3 atom stereocenters. The molecule has 1 aromatic carbocycles. The molecular weight excluding hydrogens is 326 g/mol. The number of carbonyl (C=O) groups excluding carboxylic acids is 1. The summed E-state index contributed by atoms with van der Waals surface area (Å²) in [5.41, 5.74) is 0.981. The molecule has 1 heterocycles. The van der Waals surface area contributed by atoms with Crippen LogP contribution in [0.15, 0.2) is 28.7 Å². The molecule has 1 fully saturated rings. The van der Waals surface area contributed by atoms with Crippen LogP contribution in [0.1, 0.15) is 31.4 Å². The minimum absolute atomic E-state index is 0.150. The van der Waals surface area contributed by atoms with Gasteiger partial charge in [-0.25, -0.2) is 4.79 Å². The van der Waals surface area contributed by atoms with Crippen LogP contribution in [0.4, 0.5) is 0 Å². The Labute approximate surface area is 125 Å². The van der Waals surface area contributed by atoms with Crippen molar-refractivity contribution >= 4 is 27.8 Å². The Balaban J connectivity index is 1.91. The second kappa shape index (κ2) is 6.37. The lowest BCUT2D eigenvalue weighted by atomic mass is 10.1. The molecule has 0 aromatic heterocycles. The van der Waals surface area contributed by atoms with Crippen LogP contribution in [-0.2, 0) is 14.3 Å². The van der Waals surface area contributed by atoms with Crippen molar-refractivity contribution < 1.29 is 19.4 Å². The first-order chi connectivity index (χ1) is 9.47. The average Bonchev–Trinajstić information content (AvgIpc) is 2.89. The van der Waals surface area contributed by atoms with Crippen LogP contribution in [0.2, 0.25) is 0 Å². The fraction of sp³-hybridized carbons (Fsp3) is 0.429. The number of amides is 1. The zero-order chi connectivity index (χ0) is 14.7. The third-order valence-electron chi connectivity index (χ3n) is 3.32. The van der Waals surface area contributed by atoms with E-state index < -0.39 is 18.2 Å². The van der Waals surface area contributed by atoms with Crippen molar-refractivity contribution in [2.75, 3.05) is 0 Å². The molecule has 0 unspecified atom stereocenters. The van der Waals surface area contributed by atoms with Crippen LogP contribution in [-0.4, -0.2) is 29.2 Å². The number of carbonyl (C=O) groups is 2. The lowest BCUT2D eigenvalue weighted by Crippen LogP contribution is -2.37. The SMILES string of the molecule is C[C@H](NC(=O)[C@@H]1CC[C@H](C(=O)O)O1)c1ccc(Br)cc1. The molecule has 1 aromatic rings. The number of hydrogen-bond acceptors (Lipinski definition) is 3. The van der Waals surface area contributed by atoms with Gasteiger partial charge in [0.15, 0.2) is 6.10 Å². The van der Waals surface area contributed by atoms with E-state index in [1.807, 2.05) is 31.2 Å². The fourth-order valence-electron chi connectivity index (χ4n) is 2.15. The Bertz CT molecular complexity index is 502. The number of nitrogens with one attached hydrogen (secondary N) is 1. The quantitative estimate of drug-likeness (QED) is 0.880. The predicted molar refractivity (Wildman–Crippen MR) is 76.2 cm³/mol. The topological polar surface area (TPSA) is 75.6 Å². The number of carboxylic acid groups (broad SMARTS) is 1. The number of rotatable bonds is 4. The van der Waals surface area contributed by atoms with Gasteiger partial charge in [0, 0.05) is 4.47 Å². The van der Waals surface area contributed by atoms with Gasteiger partial charge < -0.3 is 15.2 Å². The summed E-state index contributed by atoms with van der Waals surface area (Å²) < 4.78 is 6.20. The van der Waals surface area contributed by atoms with Crippen molar-refractivity contribution in [2.45, 2.75) is 38.0 Å². The van der Waals surface area contributed by atoms with Gasteiger partial charge >= 0.3 is 5.97 Å². The third kappa shape index (κ3) is 3.58. The summed E-state index contributed by atoms with van der Waals surface area (Å²) in [6.45, 7) is 1.88. The van der Waals surface area contributed by atoms with Crippen molar-refractivity contribution in [3.63, 3.8) is 0 Å². The van der Waals surface area contributed by atoms with Crippen LogP contribution in [0, 0.1) is 0 Å². The first kappa shape index (κ1) is 15.0. The van der Waals surface area contributed by atoms with E-state index in [0.717, 1.165) is 10.0 Å². The van der Waals surface area contributed by atoms with Gasteiger partial charge in [-0.1, -0.05) is 28.1 Å². The van der Waals surface area contributed by atoms with E-state index in [1.54, 1.807) is 0 Å². The van der Waals surface area contributed by atoms with E-state index in [2.05, 4.69) is 21.2 Å². The molecular formula is C14H16BrNO4. The summed E-state index contributed by atoms with van der Waals surface area (Å²) in [5, 5.41) is 11.7. The molecule has 1 aliphatic heterocycles. The standard InChI is InChI=1S/C14H16BrNO4/c1-8(9-2-4-10(15)5-3-9)16-13(17)11-6-7-12(20-11)14(18)19/h2-5,8,11-12H,6-7H2,1H3,(H,16,17)(H,18,19)/t8-,11-,12+/m0/s1. The largest absolute Gasteiger partial charge is 0.479 e. The first-order valence-corrected chi connectivity index (χ1v) is 7.21. The highest BCUT2D eigenvalue weighted by atomic mass is 79.9. The Morgan fingerprint density at radius 3 is 2.45 bits per heavy atom. The smallest absolute Gasteiger partial charge is 0.332 e. The summed E-state index contributed by atoms with van der Waals surface area (Å²) in [7, 11) is 0. The summed E-state index contributed by atoms with van der Waals surface area (Å²) in [6, 6.07) is 7.51. The molecule has 5 nitrogen and oxygen atoms in total. The predicted octanol–water partition coefficient (Wildman–Crippen LogP) is 2.26. The Morgan fingerprint density at radius 1 is 1.30 bits per heavy atom. The van der Waals surface area contributed by atoms with Gasteiger partial charge in [-0.15, -0.1) is 0 Å². The molecule has 0 spiro atoms. The molecule has 108 valence electrons. The van der Waals surface area contributed by atoms with E-state index in [-0.39, 0.29) is 11.9 Å². The number of aliphatic carboxylic acids is 1. The van der Waals surface area contributed by atoms with Gasteiger partial charge in [0.05, 0.1) is 6.04 Å². The maximum atomic E-state index is 12.0. The van der Waals surface area contributed by atoms with Crippen molar-refractivity contribution in [1.29, 1.82) is 0 Å². The van der Waals surface area contributed by atoms with Crippen molar-refractivity contribution in [3.8, 4) is 0 Å². The maximum Gasteiger partial charge on any atom is 0.332 e. The molecule has 6 heteroatoms. The lowest BCUT2D eigenvalue weighted by Gasteiger charge is -2.17. The monoisotopic (exact) mass is 341 g/mol. The Kier molecular flexibility index (Phi) is 4.77. The van der Waals surface area contributed by atoms with Gasteiger partial charge in [0.25, 0.3) is 0 Å². The molecule has 1 amide bonds. The van der Waals surface area contributed by atoms with E-state index in [9.17, 15) is 9.59 Å². The van der Waals surface area contributed by atoms with Gasteiger partial charge in [0.1, 0.15) is 6.10 Å². The normalized spacial score (nSPS) is 23.3. The summed E-state index contributed by atoms with van der Waals surface area (Å²) >= 11 is 3.36. The van der Waals surface area contributed by atoms with Crippen LogP contribution in [0.5, 0.6) is 0 Å². The van der Waals surface area contributed by atoms with Crippen molar-refractivity contribution in [1.82, 2.24) is 5.32 Å². The van der Waals surface area contributed by atoms with Crippen molar-refractivity contribution in [3.05, 3.63) is 34.3 Å². The summed E-state index contributed by atoms with van der Waals surface area (Å²) in [6.07, 6.45) is -0.724. The van der Waals surface area contributed by atoms with Gasteiger partial charge in [-0.3, -0.25) is 4.79 Å². The number of benzene rings is 1. The zero-order valence-corrected chi connectivity index (χ0v) is 12.6.